The summed E-state index contributed by atoms with van der Waals surface area (Å²) in [4.78, 5) is 11.5. The van der Waals surface area contributed by atoms with Gasteiger partial charge in [0, 0.05) is 12.8 Å². The number of ketones is 1. The minimum atomic E-state index is 0.494. The minimum absolute atomic E-state index is 0.494. The van der Waals surface area contributed by atoms with Gasteiger partial charge >= 0.3 is 0 Å². The van der Waals surface area contributed by atoms with Crippen LogP contribution >= 0.6 is 0 Å². The van der Waals surface area contributed by atoms with Gasteiger partial charge in [-0.2, -0.15) is 0 Å². The number of hydrogen-bond acceptors (Lipinski definition) is 1. The molecule has 0 N–H and O–H groups in total. The van der Waals surface area contributed by atoms with Crippen molar-refractivity contribution in [3.8, 4) is 0 Å². The van der Waals surface area contributed by atoms with Crippen LogP contribution < -0.4 is 0 Å². The molecule has 0 radical (unpaired) electrons. The molecule has 0 bridgehead atoms. The quantitative estimate of drug-likeness (QED) is 0.576. The number of hydrogen-bond donors (Lipinski definition) is 0. The lowest BCUT2D eigenvalue weighted by molar-refractivity contribution is -0.124. The van der Waals surface area contributed by atoms with E-state index in [4.69, 9.17) is 0 Å². The van der Waals surface area contributed by atoms with Gasteiger partial charge in [0.15, 0.2) is 0 Å². The first-order chi connectivity index (χ1) is 6.60. The van der Waals surface area contributed by atoms with Crippen LogP contribution in [0.3, 0.4) is 0 Å². The van der Waals surface area contributed by atoms with Gasteiger partial charge in [-0.3, -0.25) is 4.79 Å². The van der Waals surface area contributed by atoms with Gasteiger partial charge in [-0.25, -0.2) is 0 Å². The SMILES string of the molecule is CC1CCC23CC(=O)CCC2(C3)C1C. The first-order valence-corrected chi connectivity index (χ1v) is 6.11. The van der Waals surface area contributed by atoms with Crippen molar-refractivity contribution in [2.75, 3.05) is 0 Å². The Morgan fingerprint density at radius 1 is 1.29 bits per heavy atom. The van der Waals surface area contributed by atoms with E-state index in [1.807, 2.05) is 0 Å². The summed E-state index contributed by atoms with van der Waals surface area (Å²) in [6, 6.07) is 0. The molecule has 1 nitrogen and oxygen atoms in total. The van der Waals surface area contributed by atoms with Crippen molar-refractivity contribution in [2.24, 2.45) is 22.7 Å². The highest BCUT2D eigenvalue weighted by Crippen LogP contribution is 2.79. The van der Waals surface area contributed by atoms with Crippen LogP contribution in [0.15, 0.2) is 0 Å². The average molecular weight is 192 g/mol. The Balaban J connectivity index is 1.93. The maximum Gasteiger partial charge on any atom is 0.133 e. The molecule has 78 valence electrons. The largest absolute Gasteiger partial charge is 0.300 e. The summed E-state index contributed by atoms with van der Waals surface area (Å²) in [5.74, 6) is 2.29. The van der Waals surface area contributed by atoms with E-state index in [9.17, 15) is 4.79 Å². The highest BCUT2D eigenvalue weighted by atomic mass is 16.1. The van der Waals surface area contributed by atoms with Gasteiger partial charge in [0.25, 0.3) is 0 Å². The van der Waals surface area contributed by atoms with Crippen LogP contribution in [-0.4, -0.2) is 5.78 Å². The Morgan fingerprint density at radius 2 is 2.07 bits per heavy atom. The number of carbonyl (C=O) groups is 1. The van der Waals surface area contributed by atoms with Gasteiger partial charge in [-0.1, -0.05) is 13.8 Å². The van der Waals surface area contributed by atoms with Crippen LogP contribution in [0.5, 0.6) is 0 Å². The predicted molar refractivity (Wildman–Crippen MR) is 55.9 cm³/mol. The van der Waals surface area contributed by atoms with E-state index in [1.165, 1.54) is 25.7 Å². The maximum atomic E-state index is 11.5. The van der Waals surface area contributed by atoms with E-state index >= 15 is 0 Å². The molecule has 0 aromatic carbocycles. The lowest BCUT2D eigenvalue weighted by Crippen LogP contribution is -2.36. The molecular formula is C13H20O. The Labute approximate surface area is 86.3 Å². The fourth-order valence-electron chi connectivity index (χ4n) is 4.58. The molecule has 0 spiro atoms. The van der Waals surface area contributed by atoms with Crippen molar-refractivity contribution in [3.05, 3.63) is 0 Å². The highest BCUT2D eigenvalue weighted by Gasteiger charge is 2.72. The molecule has 0 aliphatic heterocycles. The molecular weight excluding hydrogens is 172 g/mol. The Kier molecular flexibility index (Phi) is 1.55. The third-order valence-electron chi connectivity index (χ3n) is 5.77. The molecule has 3 aliphatic carbocycles. The fourth-order valence-corrected chi connectivity index (χ4v) is 4.58. The molecule has 3 rings (SSSR count). The molecule has 3 saturated carbocycles. The van der Waals surface area contributed by atoms with Crippen molar-refractivity contribution < 1.29 is 4.79 Å². The average Bonchev–Trinajstić information content (AvgIpc) is 2.82. The molecule has 14 heavy (non-hydrogen) atoms. The van der Waals surface area contributed by atoms with E-state index in [0.29, 0.717) is 16.6 Å². The summed E-state index contributed by atoms with van der Waals surface area (Å²) in [6.07, 6.45) is 7.07. The van der Waals surface area contributed by atoms with E-state index in [0.717, 1.165) is 24.7 Å². The molecule has 4 atom stereocenters. The zero-order chi connectivity index (χ0) is 9.97. The van der Waals surface area contributed by atoms with E-state index in [1.54, 1.807) is 0 Å². The van der Waals surface area contributed by atoms with Crippen molar-refractivity contribution in [2.45, 2.75) is 52.4 Å². The summed E-state index contributed by atoms with van der Waals surface area (Å²) in [5.41, 5.74) is 1.10. The number of rotatable bonds is 0. The molecule has 3 fully saturated rings. The van der Waals surface area contributed by atoms with Crippen LogP contribution in [0, 0.1) is 22.7 Å². The number of carbonyl (C=O) groups excluding carboxylic acids is 1. The number of Topliss-reactive ketones (excluding diaryl/α,β-unsaturated/α-hetero) is 1. The summed E-state index contributed by atoms with van der Waals surface area (Å²) in [7, 11) is 0. The van der Waals surface area contributed by atoms with Gasteiger partial charge in [-0.05, 0) is 48.3 Å². The van der Waals surface area contributed by atoms with Crippen molar-refractivity contribution in [1.29, 1.82) is 0 Å². The summed E-state index contributed by atoms with van der Waals surface area (Å²) < 4.78 is 0. The van der Waals surface area contributed by atoms with Gasteiger partial charge < -0.3 is 0 Å². The van der Waals surface area contributed by atoms with Crippen molar-refractivity contribution >= 4 is 5.78 Å². The second kappa shape index (κ2) is 2.43. The Morgan fingerprint density at radius 3 is 2.86 bits per heavy atom. The second-order valence-corrected chi connectivity index (χ2v) is 6.13. The first-order valence-electron chi connectivity index (χ1n) is 6.11. The van der Waals surface area contributed by atoms with E-state index < -0.39 is 0 Å². The molecule has 0 heterocycles. The monoisotopic (exact) mass is 192 g/mol. The molecule has 0 aromatic rings. The molecule has 4 unspecified atom stereocenters. The highest BCUT2D eigenvalue weighted by molar-refractivity contribution is 5.81. The molecule has 0 aromatic heterocycles. The maximum absolute atomic E-state index is 11.5. The van der Waals surface area contributed by atoms with Crippen LogP contribution in [0.1, 0.15) is 52.4 Å². The first kappa shape index (κ1) is 8.94. The van der Waals surface area contributed by atoms with Crippen LogP contribution in [0.25, 0.3) is 0 Å². The standard InChI is InChI=1S/C13H20O/c1-9-3-5-12-7-11(14)4-6-13(12,8-12)10(9)2/h9-10H,3-8H2,1-2H3. The second-order valence-electron chi connectivity index (χ2n) is 6.13. The zero-order valence-electron chi connectivity index (χ0n) is 9.31. The van der Waals surface area contributed by atoms with Crippen LogP contribution in [0.2, 0.25) is 0 Å². The molecule has 1 heteroatoms. The van der Waals surface area contributed by atoms with E-state index in [2.05, 4.69) is 13.8 Å². The predicted octanol–water partition coefficient (Wildman–Crippen LogP) is 3.18. The fraction of sp³-hybridized carbons (Fsp3) is 0.923. The molecule has 0 amide bonds. The van der Waals surface area contributed by atoms with Crippen molar-refractivity contribution in [1.82, 2.24) is 0 Å². The van der Waals surface area contributed by atoms with Gasteiger partial charge in [0.2, 0.25) is 0 Å². The topological polar surface area (TPSA) is 17.1 Å². The summed E-state index contributed by atoms with van der Waals surface area (Å²) in [5, 5.41) is 0. The lowest BCUT2D eigenvalue weighted by atomic mass is 9.62. The molecule has 0 saturated heterocycles. The van der Waals surface area contributed by atoms with Crippen molar-refractivity contribution in [3.63, 3.8) is 0 Å². The Bertz CT molecular complexity index is 296. The van der Waals surface area contributed by atoms with Crippen LogP contribution in [-0.2, 0) is 4.79 Å². The van der Waals surface area contributed by atoms with Gasteiger partial charge in [0.05, 0.1) is 0 Å². The normalized spacial score (nSPS) is 56.3. The smallest absolute Gasteiger partial charge is 0.133 e. The van der Waals surface area contributed by atoms with Gasteiger partial charge in [0.1, 0.15) is 5.78 Å². The lowest BCUT2D eigenvalue weighted by Gasteiger charge is -2.42. The van der Waals surface area contributed by atoms with Crippen LogP contribution in [0.4, 0.5) is 0 Å². The summed E-state index contributed by atoms with van der Waals surface area (Å²) in [6.45, 7) is 4.83. The third-order valence-corrected chi connectivity index (χ3v) is 5.77. The van der Waals surface area contributed by atoms with E-state index in [-0.39, 0.29) is 0 Å². The molecule has 3 aliphatic rings. The minimum Gasteiger partial charge on any atom is -0.300 e. The Hall–Kier alpha value is -0.330. The van der Waals surface area contributed by atoms with Gasteiger partial charge in [-0.15, -0.1) is 0 Å². The summed E-state index contributed by atoms with van der Waals surface area (Å²) >= 11 is 0. The third kappa shape index (κ3) is 0.844. The zero-order valence-corrected chi connectivity index (χ0v) is 9.31.